The van der Waals surface area contributed by atoms with E-state index >= 15 is 0 Å². The van der Waals surface area contributed by atoms with E-state index in [4.69, 9.17) is 4.74 Å². The zero-order valence-electron chi connectivity index (χ0n) is 15.8. The second-order valence-corrected chi connectivity index (χ2v) is 7.64. The number of aromatic amines is 1. The Balaban J connectivity index is 1.54. The summed E-state index contributed by atoms with van der Waals surface area (Å²) in [6.07, 6.45) is 0.315. The number of benzene rings is 2. The lowest BCUT2D eigenvalue weighted by atomic mass is 9.99. The van der Waals surface area contributed by atoms with Crippen LogP contribution in [0.25, 0.3) is 10.9 Å². The van der Waals surface area contributed by atoms with Gasteiger partial charge in [0.15, 0.2) is 0 Å². The number of ether oxygens (including phenoxy) is 1. The summed E-state index contributed by atoms with van der Waals surface area (Å²) in [5.74, 6) is 0.261. The Morgan fingerprint density at radius 3 is 2.89 bits per heavy atom. The lowest BCUT2D eigenvalue weighted by Crippen LogP contribution is -2.45. The number of aromatic nitrogens is 1. The zero-order chi connectivity index (χ0) is 19.4. The fourth-order valence-corrected chi connectivity index (χ4v) is 3.97. The molecule has 3 heterocycles. The number of para-hydroxylation sites is 1. The van der Waals surface area contributed by atoms with Gasteiger partial charge in [0.2, 0.25) is 12.1 Å². The summed E-state index contributed by atoms with van der Waals surface area (Å²) >= 11 is 0. The van der Waals surface area contributed by atoms with E-state index in [1.165, 1.54) is 10.9 Å². The van der Waals surface area contributed by atoms with E-state index in [0.717, 1.165) is 17.6 Å². The second kappa shape index (κ2) is 6.12. The number of anilines is 1. The molecule has 2 aliphatic rings. The zero-order valence-corrected chi connectivity index (χ0v) is 15.8. The molecular weight excluding hydrogens is 354 g/mol. The van der Waals surface area contributed by atoms with Gasteiger partial charge in [0.05, 0.1) is 11.3 Å². The molecule has 2 amide bonds. The summed E-state index contributed by atoms with van der Waals surface area (Å²) in [4.78, 5) is 30.3. The first kappa shape index (κ1) is 16.9. The maximum Gasteiger partial charge on any atom is 0.260 e. The van der Waals surface area contributed by atoms with Crippen LogP contribution in [0.4, 0.5) is 5.69 Å². The van der Waals surface area contributed by atoms with Crippen molar-refractivity contribution in [1.82, 2.24) is 9.88 Å². The van der Waals surface area contributed by atoms with Crippen LogP contribution in [0.15, 0.2) is 42.5 Å². The van der Waals surface area contributed by atoms with Crippen molar-refractivity contribution in [3.63, 3.8) is 0 Å². The van der Waals surface area contributed by atoms with Crippen molar-refractivity contribution in [2.75, 3.05) is 11.9 Å². The van der Waals surface area contributed by atoms with Crippen molar-refractivity contribution in [1.29, 1.82) is 0 Å². The molecule has 6 heteroatoms. The van der Waals surface area contributed by atoms with Crippen LogP contribution in [0.1, 0.15) is 41.7 Å². The van der Waals surface area contributed by atoms with Gasteiger partial charge in [-0.3, -0.25) is 14.5 Å². The third-order valence-electron chi connectivity index (χ3n) is 5.48. The van der Waals surface area contributed by atoms with Crippen molar-refractivity contribution in [3.05, 3.63) is 59.3 Å². The first-order chi connectivity index (χ1) is 13.5. The number of H-pyrrole nitrogens is 1. The number of hydrogen-bond donors (Lipinski definition) is 2. The average Bonchev–Trinajstić information content (AvgIpc) is 3.07. The Kier molecular flexibility index (Phi) is 3.69. The fraction of sp³-hybridized carbons (Fsp3) is 0.273. The quantitative estimate of drug-likeness (QED) is 0.714. The predicted molar refractivity (Wildman–Crippen MR) is 106 cm³/mol. The summed E-state index contributed by atoms with van der Waals surface area (Å²) in [5, 5.41) is 4.05. The first-order valence-electron chi connectivity index (χ1n) is 9.55. The van der Waals surface area contributed by atoms with E-state index in [0.29, 0.717) is 23.5 Å². The molecule has 0 saturated heterocycles. The van der Waals surface area contributed by atoms with E-state index in [1.54, 1.807) is 23.1 Å². The lowest BCUT2D eigenvalue weighted by Gasteiger charge is -2.39. The molecule has 3 aromatic rings. The molecule has 1 aromatic heterocycles. The molecule has 0 saturated carbocycles. The second-order valence-electron chi connectivity index (χ2n) is 7.64. The Labute approximate surface area is 162 Å². The van der Waals surface area contributed by atoms with Crippen LogP contribution in [0.2, 0.25) is 0 Å². The molecule has 0 aliphatic carbocycles. The molecule has 6 nitrogen and oxygen atoms in total. The number of rotatable bonds is 2. The summed E-state index contributed by atoms with van der Waals surface area (Å²) in [6, 6.07) is 13.4. The lowest BCUT2D eigenvalue weighted by molar-refractivity contribution is -0.118. The highest BCUT2D eigenvalue weighted by molar-refractivity contribution is 6.00. The molecule has 142 valence electrons. The van der Waals surface area contributed by atoms with Crippen LogP contribution in [-0.4, -0.2) is 28.2 Å². The summed E-state index contributed by atoms with van der Waals surface area (Å²) in [6.45, 7) is 4.29. The molecule has 1 atom stereocenters. The monoisotopic (exact) mass is 375 g/mol. The number of amides is 2. The number of nitrogens with zero attached hydrogens (tertiary/aromatic N) is 1. The van der Waals surface area contributed by atoms with Crippen molar-refractivity contribution < 1.29 is 14.3 Å². The van der Waals surface area contributed by atoms with Crippen LogP contribution in [0.5, 0.6) is 5.75 Å². The largest absolute Gasteiger partial charge is 0.464 e. The normalized spacial score (nSPS) is 17.8. The first-order valence-corrected chi connectivity index (χ1v) is 9.55. The van der Waals surface area contributed by atoms with Crippen molar-refractivity contribution in [2.24, 2.45) is 5.92 Å². The SMILES string of the molecule is CC(C)C(=O)Nc1ccc2c(c1)OC1c3[nH]c4ccccc4c3CCN1C2=O. The molecule has 5 rings (SSSR count). The molecule has 2 aliphatic heterocycles. The average molecular weight is 375 g/mol. The van der Waals surface area contributed by atoms with Gasteiger partial charge in [0, 0.05) is 35.1 Å². The topological polar surface area (TPSA) is 74.4 Å². The number of carbonyl (C=O) groups is 2. The van der Waals surface area contributed by atoms with Crippen LogP contribution in [0, 0.1) is 5.92 Å². The number of fused-ring (bicyclic) bond motifs is 6. The van der Waals surface area contributed by atoms with Crippen molar-refractivity contribution in [3.8, 4) is 5.75 Å². The molecule has 0 bridgehead atoms. The maximum atomic E-state index is 13.1. The van der Waals surface area contributed by atoms with E-state index in [9.17, 15) is 9.59 Å². The minimum absolute atomic E-state index is 0.0442. The van der Waals surface area contributed by atoms with Gasteiger partial charge in [-0.2, -0.15) is 0 Å². The van der Waals surface area contributed by atoms with Crippen LogP contribution >= 0.6 is 0 Å². The Bertz CT molecular complexity index is 1120. The fourth-order valence-electron chi connectivity index (χ4n) is 3.97. The molecule has 0 fully saturated rings. The summed E-state index contributed by atoms with van der Waals surface area (Å²) < 4.78 is 6.27. The molecule has 0 radical (unpaired) electrons. The van der Waals surface area contributed by atoms with Crippen LogP contribution in [0.3, 0.4) is 0 Å². The Hall–Kier alpha value is -3.28. The Morgan fingerprint density at radius 2 is 2.07 bits per heavy atom. The third-order valence-corrected chi connectivity index (χ3v) is 5.48. The van der Waals surface area contributed by atoms with E-state index in [1.807, 2.05) is 32.0 Å². The van der Waals surface area contributed by atoms with Gasteiger partial charge in [0.25, 0.3) is 5.91 Å². The number of hydrogen-bond acceptors (Lipinski definition) is 3. The highest BCUT2D eigenvalue weighted by Crippen LogP contribution is 2.41. The minimum Gasteiger partial charge on any atom is -0.464 e. The standard InChI is InChI=1S/C22H21N3O3/c1-12(2)20(26)23-13-7-8-16-18(11-13)28-22-19-15(9-10-25(22)21(16)27)14-5-3-4-6-17(14)24-19/h3-8,11-12,22,24H,9-10H2,1-2H3,(H,23,26). The van der Waals surface area contributed by atoms with Crippen molar-refractivity contribution in [2.45, 2.75) is 26.5 Å². The molecule has 2 aromatic carbocycles. The van der Waals surface area contributed by atoms with Gasteiger partial charge in [0.1, 0.15) is 5.75 Å². The molecule has 28 heavy (non-hydrogen) atoms. The molecular formula is C22H21N3O3. The highest BCUT2D eigenvalue weighted by Gasteiger charge is 2.40. The third kappa shape index (κ3) is 2.48. The Morgan fingerprint density at radius 1 is 1.25 bits per heavy atom. The van der Waals surface area contributed by atoms with Gasteiger partial charge < -0.3 is 15.0 Å². The van der Waals surface area contributed by atoms with Crippen molar-refractivity contribution >= 4 is 28.4 Å². The predicted octanol–water partition coefficient (Wildman–Crippen LogP) is 3.85. The van der Waals surface area contributed by atoms with E-state index < -0.39 is 6.23 Å². The smallest absolute Gasteiger partial charge is 0.260 e. The minimum atomic E-state index is -0.479. The van der Waals surface area contributed by atoms with Crippen LogP contribution < -0.4 is 10.1 Å². The van der Waals surface area contributed by atoms with Gasteiger partial charge in [-0.1, -0.05) is 32.0 Å². The molecule has 0 spiro atoms. The summed E-state index contributed by atoms with van der Waals surface area (Å²) in [5.41, 5.74) is 4.35. The molecule has 2 N–H and O–H groups in total. The van der Waals surface area contributed by atoms with Crippen LogP contribution in [-0.2, 0) is 11.2 Å². The van der Waals surface area contributed by atoms with Gasteiger partial charge in [-0.05, 0) is 30.2 Å². The van der Waals surface area contributed by atoms with E-state index in [-0.39, 0.29) is 17.7 Å². The van der Waals surface area contributed by atoms with Gasteiger partial charge in [-0.25, -0.2) is 0 Å². The van der Waals surface area contributed by atoms with Gasteiger partial charge in [-0.15, -0.1) is 0 Å². The number of carbonyl (C=O) groups excluding carboxylic acids is 2. The van der Waals surface area contributed by atoms with Gasteiger partial charge >= 0.3 is 0 Å². The molecule has 1 unspecified atom stereocenters. The maximum absolute atomic E-state index is 13.1. The summed E-state index contributed by atoms with van der Waals surface area (Å²) in [7, 11) is 0. The highest BCUT2D eigenvalue weighted by atomic mass is 16.5. The van der Waals surface area contributed by atoms with E-state index in [2.05, 4.69) is 16.4 Å². The number of nitrogens with one attached hydrogen (secondary N) is 2.